The van der Waals surface area contributed by atoms with Gasteiger partial charge in [-0.25, -0.2) is 10.2 Å². The molecule has 3 heterocycles. The van der Waals surface area contributed by atoms with Crippen LogP contribution in [0, 0.1) is 0 Å². The highest BCUT2D eigenvalue weighted by atomic mass is 32.2. The molecular weight excluding hydrogens is 434 g/mol. The number of fused-ring (bicyclic) bond motifs is 4. The SMILES string of the molecule is O=C(NO)c1cccc(Cn2c3c(c4cc(-n5nnc6ccccc65)ccc42)CSCC3)c1. The molecule has 0 saturated heterocycles. The maximum Gasteiger partial charge on any atom is 0.274 e. The average Bonchev–Trinajstić information content (AvgIpc) is 3.43. The van der Waals surface area contributed by atoms with Gasteiger partial charge in [-0.1, -0.05) is 29.5 Å². The number of hydrogen-bond donors (Lipinski definition) is 2. The van der Waals surface area contributed by atoms with Crippen molar-refractivity contribution in [2.75, 3.05) is 5.75 Å². The zero-order valence-electron chi connectivity index (χ0n) is 17.7. The van der Waals surface area contributed by atoms with Crippen molar-refractivity contribution in [3.05, 3.63) is 89.1 Å². The summed E-state index contributed by atoms with van der Waals surface area (Å²) in [5.74, 6) is 1.57. The van der Waals surface area contributed by atoms with E-state index in [9.17, 15) is 4.79 Å². The Kier molecular flexibility index (Phi) is 4.89. The van der Waals surface area contributed by atoms with Crippen molar-refractivity contribution in [1.82, 2.24) is 25.0 Å². The molecule has 2 N–H and O–H groups in total. The maximum atomic E-state index is 11.9. The monoisotopic (exact) mass is 455 g/mol. The fraction of sp³-hybridized carbons (Fsp3) is 0.160. The van der Waals surface area contributed by atoms with Crippen molar-refractivity contribution < 1.29 is 10.0 Å². The van der Waals surface area contributed by atoms with E-state index in [4.69, 9.17) is 5.21 Å². The van der Waals surface area contributed by atoms with Gasteiger partial charge in [-0.2, -0.15) is 11.8 Å². The van der Waals surface area contributed by atoms with Crippen molar-refractivity contribution in [2.24, 2.45) is 0 Å². The zero-order valence-corrected chi connectivity index (χ0v) is 18.5. The number of aromatic nitrogens is 4. The summed E-state index contributed by atoms with van der Waals surface area (Å²) in [5.41, 5.74) is 9.92. The van der Waals surface area contributed by atoms with Crippen LogP contribution in [0.2, 0.25) is 0 Å². The second kappa shape index (κ2) is 8.06. The predicted molar refractivity (Wildman–Crippen MR) is 129 cm³/mol. The number of hydroxylamine groups is 1. The number of carbonyl (C=O) groups excluding carboxylic acids is 1. The van der Waals surface area contributed by atoms with Gasteiger partial charge in [-0.15, -0.1) is 5.10 Å². The van der Waals surface area contributed by atoms with Crippen molar-refractivity contribution in [3.63, 3.8) is 0 Å². The molecule has 0 unspecified atom stereocenters. The Balaban J connectivity index is 1.47. The van der Waals surface area contributed by atoms with Gasteiger partial charge in [0.1, 0.15) is 5.52 Å². The van der Waals surface area contributed by atoms with Crippen LogP contribution in [0.25, 0.3) is 27.6 Å². The standard InChI is InChI=1S/C25H21N5O2S/c31-25(27-32)17-5-3-4-16(12-17)14-29-22-9-8-18(13-19(22)20-15-33-11-10-23(20)29)30-24-7-2-1-6-21(24)26-28-30/h1-9,12-13,32H,10-11,14-15H2,(H,27,31). The largest absolute Gasteiger partial charge is 0.340 e. The fourth-order valence-electron chi connectivity index (χ4n) is 4.68. The quantitative estimate of drug-likeness (QED) is 0.311. The molecule has 1 aliphatic heterocycles. The first kappa shape index (κ1) is 20.0. The van der Waals surface area contributed by atoms with Gasteiger partial charge in [0.25, 0.3) is 5.91 Å². The number of nitrogens with one attached hydrogen (secondary N) is 1. The molecule has 2 aromatic heterocycles. The van der Waals surface area contributed by atoms with Gasteiger partial charge < -0.3 is 4.57 Å². The van der Waals surface area contributed by atoms with E-state index in [1.54, 1.807) is 11.5 Å². The lowest BCUT2D eigenvalue weighted by Crippen LogP contribution is -2.18. The Morgan fingerprint density at radius 3 is 2.88 bits per heavy atom. The first-order valence-corrected chi connectivity index (χ1v) is 11.9. The normalized spacial score (nSPS) is 13.4. The summed E-state index contributed by atoms with van der Waals surface area (Å²) < 4.78 is 4.26. The zero-order chi connectivity index (χ0) is 22.4. The molecule has 6 rings (SSSR count). The van der Waals surface area contributed by atoms with Crippen LogP contribution in [0.15, 0.2) is 66.7 Å². The van der Waals surface area contributed by atoms with E-state index in [1.165, 1.54) is 22.2 Å². The third-order valence-electron chi connectivity index (χ3n) is 6.23. The second-order valence-corrected chi connectivity index (χ2v) is 9.25. The Morgan fingerprint density at radius 2 is 1.97 bits per heavy atom. The van der Waals surface area contributed by atoms with Crippen LogP contribution in [-0.4, -0.2) is 36.4 Å². The number of nitrogens with zero attached hydrogens (tertiary/aromatic N) is 4. The van der Waals surface area contributed by atoms with Crippen molar-refractivity contribution >= 4 is 39.6 Å². The van der Waals surface area contributed by atoms with E-state index in [0.29, 0.717) is 12.1 Å². The predicted octanol–water partition coefficient (Wildman–Crippen LogP) is 4.33. The molecular formula is C25H21N5O2S. The molecule has 0 fully saturated rings. The summed E-state index contributed by atoms with van der Waals surface area (Å²) in [6.45, 7) is 0.661. The average molecular weight is 456 g/mol. The highest BCUT2D eigenvalue weighted by molar-refractivity contribution is 7.98. The highest BCUT2D eigenvalue weighted by Gasteiger charge is 2.21. The first-order valence-electron chi connectivity index (χ1n) is 10.8. The van der Waals surface area contributed by atoms with Crippen LogP contribution in [0.4, 0.5) is 0 Å². The number of carbonyl (C=O) groups is 1. The maximum absolute atomic E-state index is 11.9. The molecule has 1 amide bonds. The van der Waals surface area contributed by atoms with Gasteiger partial charge in [-0.05, 0) is 65.8 Å². The van der Waals surface area contributed by atoms with Crippen LogP contribution in [0.1, 0.15) is 27.2 Å². The Labute approximate surface area is 194 Å². The molecule has 0 bridgehead atoms. The van der Waals surface area contributed by atoms with Crippen LogP contribution < -0.4 is 5.48 Å². The fourth-order valence-corrected chi connectivity index (χ4v) is 5.69. The molecule has 0 saturated carbocycles. The molecule has 33 heavy (non-hydrogen) atoms. The summed E-state index contributed by atoms with van der Waals surface area (Å²) in [6, 6.07) is 21.8. The van der Waals surface area contributed by atoms with E-state index in [1.807, 2.05) is 58.9 Å². The summed E-state index contributed by atoms with van der Waals surface area (Å²) >= 11 is 1.96. The van der Waals surface area contributed by atoms with Crippen LogP contribution >= 0.6 is 11.8 Å². The van der Waals surface area contributed by atoms with E-state index in [2.05, 4.69) is 33.1 Å². The van der Waals surface area contributed by atoms with Crippen molar-refractivity contribution in [2.45, 2.75) is 18.7 Å². The number of rotatable bonds is 4. The van der Waals surface area contributed by atoms with Gasteiger partial charge in [0, 0.05) is 34.5 Å². The Bertz CT molecular complexity index is 1520. The minimum absolute atomic E-state index is 0.441. The Morgan fingerprint density at radius 1 is 1.06 bits per heavy atom. The Hall–Kier alpha value is -3.62. The lowest BCUT2D eigenvalue weighted by Gasteiger charge is -2.16. The number of hydrogen-bond acceptors (Lipinski definition) is 5. The van der Waals surface area contributed by atoms with Gasteiger partial charge in [0.05, 0.1) is 11.2 Å². The molecule has 0 atom stereocenters. The smallest absolute Gasteiger partial charge is 0.274 e. The lowest BCUT2D eigenvalue weighted by molar-refractivity contribution is 0.0706. The molecule has 0 aliphatic carbocycles. The van der Waals surface area contributed by atoms with Gasteiger partial charge in [-0.3, -0.25) is 10.0 Å². The van der Waals surface area contributed by atoms with E-state index >= 15 is 0 Å². The summed E-state index contributed by atoms with van der Waals surface area (Å²) in [6.07, 6.45) is 1.01. The molecule has 164 valence electrons. The summed E-state index contributed by atoms with van der Waals surface area (Å²) in [7, 11) is 0. The molecule has 1 aliphatic rings. The molecule has 7 nitrogen and oxygen atoms in total. The minimum atomic E-state index is -0.502. The van der Waals surface area contributed by atoms with Crippen LogP contribution in [0.3, 0.4) is 0 Å². The third-order valence-corrected chi connectivity index (χ3v) is 7.21. The first-order chi connectivity index (χ1) is 16.2. The number of benzene rings is 3. The molecule has 5 aromatic rings. The van der Waals surface area contributed by atoms with Gasteiger partial charge in [0.2, 0.25) is 0 Å². The van der Waals surface area contributed by atoms with Gasteiger partial charge in [0.15, 0.2) is 0 Å². The number of para-hydroxylation sites is 1. The molecule has 0 spiro atoms. The molecule has 3 aromatic carbocycles. The number of amides is 1. The van der Waals surface area contributed by atoms with Crippen LogP contribution in [-0.2, 0) is 18.7 Å². The third kappa shape index (κ3) is 3.39. The van der Waals surface area contributed by atoms with E-state index in [-0.39, 0.29) is 0 Å². The molecule has 8 heteroatoms. The minimum Gasteiger partial charge on any atom is -0.340 e. The summed E-state index contributed by atoms with van der Waals surface area (Å²) in [4.78, 5) is 11.9. The van der Waals surface area contributed by atoms with Gasteiger partial charge >= 0.3 is 0 Å². The molecule has 0 radical (unpaired) electrons. The van der Waals surface area contributed by atoms with Crippen LogP contribution in [0.5, 0.6) is 0 Å². The lowest BCUT2D eigenvalue weighted by atomic mass is 10.1. The highest BCUT2D eigenvalue weighted by Crippen LogP contribution is 2.36. The second-order valence-electron chi connectivity index (χ2n) is 8.15. The van der Waals surface area contributed by atoms with Crippen molar-refractivity contribution in [3.8, 4) is 5.69 Å². The van der Waals surface area contributed by atoms with E-state index in [0.717, 1.165) is 40.2 Å². The number of thioether (sulfide) groups is 1. The van der Waals surface area contributed by atoms with E-state index < -0.39 is 5.91 Å². The summed E-state index contributed by atoms with van der Waals surface area (Å²) in [5, 5.41) is 18.9. The van der Waals surface area contributed by atoms with Crippen molar-refractivity contribution in [1.29, 1.82) is 0 Å². The topological polar surface area (TPSA) is 85.0 Å².